The van der Waals surface area contributed by atoms with E-state index in [4.69, 9.17) is 4.74 Å². The topological polar surface area (TPSA) is 51.2 Å². The first-order valence-electron chi connectivity index (χ1n) is 7.19. The fraction of sp³-hybridized carbons (Fsp3) is 0.111. The predicted molar refractivity (Wildman–Crippen MR) is 91.7 cm³/mol. The van der Waals surface area contributed by atoms with E-state index in [1.165, 1.54) is 11.5 Å². The highest BCUT2D eigenvalue weighted by Gasteiger charge is 2.11. The molecule has 0 aliphatic rings. The Labute approximate surface area is 138 Å². The van der Waals surface area contributed by atoms with Crippen LogP contribution in [0.4, 0.5) is 0 Å². The average molecular weight is 324 g/mol. The summed E-state index contributed by atoms with van der Waals surface area (Å²) < 4.78 is 9.50. The Hall–Kier alpha value is -2.66. The molecule has 1 aromatic heterocycles. The number of amides is 1. The number of carbonyl (C=O) groups excluding carboxylic acids is 1. The van der Waals surface area contributed by atoms with Crippen LogP contribution in [-0.4, -0.2) is 17.4 Å². The molecule has 0 radical (unpaired) electrons. The molecule has 3 aromatic rings. The molecule has 0 fully saturated rings. The van der Waals surface area contributed by atoms with Crippen LogP contribution in [0.15, 0.2) is 60.7 Å². The summed E-state index contributed by atoms with van der Waals surface area (Å²) in [6.45, 7) is 0.509. The molecule has 0 saturated carbocycles. The lowest BCUT2D eigenvalue weighted by Crippen LogP contribution is -2.21. The minimum absolute atomic E-state index is 0.105. The van der Waals surface area contributed by atoms with Gasteiger partial charge in [0.05, 0.1) is 12.8 Å². The minimum Gasteiger partial charge on any atom is -0.497 e. The van der Waals surface area contributed by atoms with E-state index in [-0.39, 0.29) is 5.91 Å². The summed E-state index contributed by atoms with van der Waals surface area (Å²) in [5.41, 5.74) is 2.83. The second kappa shape index (κ2) is 7.07. The van der Waals surface area contributed by atoms with Gasteiger partial charge in [-0.05, 0) is 47.4 Å². The maximum atomic E-state index is 12.2. The zero-order chi connectivity index (χ0) is 16.1. The van der Waals surface area contributed by atoms with Crippen molar-refractivity contribution in [1.29, 1.82) is 0 Å². The van der Waals surface area contributed by atoms with Crippen molar-refractivity contribution in [3.8, 4) is 17.0 Å². The molecule has 0 spiro atoms. The Morgan fingerprint density at radius 2 is 1.87 bits per heavy atom. The summed E-state index contributed by atoms with van der Waals surface area (Å²) in [4.78, 5) is 12.8. The predicted octanol–water partition coefficient (Wildman–Crippen LogP) is 3.75. The summed E-state index contributed by atoms with van der Waals surface area (Å²) >= 11 is 1.20. The lowest BCUT2D eigenvalue weighted by Gasteiger charge is -2.02. The van der Waals surface area contributed by atoms with Crippen LogP contribution in [0, 0.1) is 0 Å². The monoisotopic (exact) mass is 324 g/mol. The summed E-state index contributed by atoms with van der Waals surface area (Å²) in [7, 11) is 1.63. The summed E-state index contributed by atoms with van der Waals surface area (Å²) in [6, 6.07) is 19.3. The van der Waals surface area contributed by atoms with E-state index in [2.05, 4.69) is 9.69 Å². The number of hydrogen-bond donors (Lipinski definition) is 1. The molecular weight excluding hydrogens is 308 g/mol. The van der Waals surface area contributed by atoms with Crippen molar-refractivity contribution in [3.63, 3.8) is 0 Å². The Morgan fingerprint density at radius 1 is 1.13 bits per heavy atom. The van der Waals surface area contributed by atoms with E-state index in [0.29, 0.717) is 11.4 Å². The van der Waals surface area contributed by atoms with Crippen molar-refractivity contribution in [3.05, 3.63) is 71.1 Å². The maximum absolute atomic E-state index is 12.2. The number of benzene rings is 2. The number of nitrogens with one attached hydrogen (secondary N) is 1. The number of rotatable bonds is 5. The van der Waals surface area contributed by atoms with Crippen molar-refractivity contribution in [1.82, 2.24) is 9.69 Å². The number of aromatic nitrogens is 1. The van der Waals surface area contributed by atoms with Crippen molar-refractivity contribution in [2.75, 3.05) is 7.11 Å². The number of carbonyl (C=O) groups is 1. The molecule has 3 rings (SSSR count). The van der Waals surface area contributed by atoms with Gasteiger partial charge < -0.3 is 10.1 Å². The first-order valence-corrected chi connectivity index (χ1v) is 7.97. The summed E-state index contributed by atoms with van der Waals surface area (Å²) in [5, 5.41) is 2.91. The SMILES string of the molecule is COc1ccc(-c2cc(C(=O)NCc3ccccc3)sn2)cc1. The van der Waals surface area contributed by atoms with Gasteiger partial charge in [-0.3, -0.25) is 4.79 Å². The average Bonchev–Trinajstić information content (AvgIpc) is 3.11. The van der Waals surface area contributed by atoms with Gasteiger partial charge in [-0.25, -0.2) is 0 Å². The van der Waals surface area contributed by atoms with E-state index in [1.54, 1.807) is 7.11 Å². The Morgan fingerprint density at radius 3 is 2.57 bits per heavy atom. The molecular formula is C18H16N2O2S. The molecule has 23 heavy (non-hydrogen) atoms. The number of ether oxygens (including phenoxy) is 1. The van der Waals surface area contributed by atoms with E-state index in [0.717, 1.165) is 22.6 Å². The molecule has 1 N–H and O–H groups in total. The third-order valence-corrected chi connectivity index (χ3v) is 4.20. The highest BCUT2D eigenvalue weighted by Crippen LogP contribution is 2.24. The van der Waals surface area contributed by atoms with Crippen molar-refractivity contribution < 1.29 is 9.53 Å². The number of hydrogen-bond acceptors (Lipinski definition) is 4. The van der Waals surface area contributed by atoms with Crippen LogP contribution >= 0.6 is 11.5 Å². The molecule has 0 bridgehead atoms. The molecule has 1 amide bonds. The smallest absolute Gasteiger partial charge is 0.263 e. The quantitative estimate of drug-likeness (QED) is 0.777. The van der Waals surface area contributed by atoms with Gasteiger partial charge in [-0.1, -0.05) is 30.3 Å². The van der Waals surface area contributed by atoms with Crippen LogP contribution in [-0.2, 0) is 6.54 Å². The third kappa shape index (κ3) is 3.76. The van der Waals surface area contributed by atoms with Crippen LogP contribution in [0.25, 0.3) is 11.3 Å². The standard InChI is InChI=1S/C18H16N2O2S/c1-22-15-9-7-14(8-10-15)16-11-17(23-20-16)18(21)19-12-13-5-3-2-4-6-13/h2-11H,12H2,1H3,(H,19,21). The molecule has 4 nitrogen and oxygen atoms in total. The Bertz CT molecular complexity index is 782. The van der Waals surface area contributed by atoms with Crippen molar-refractivity contribution in [2.45, 2.75) is 6.54 Å². The number of nitrogens with zero attached hydrogens (tertiary/aromatic N) is 1. The van der Waals surface area contributed by atoms with E-state index in [1.807, 2.05) is 60.7 Å². The van der Waals surface area contributed by atoms with Gasteiger partial charge >= 0.3 is 0 Å². The highest BCUT2D eigenvalue weighted by molar-refractivity contribution is 7.08. The molecule has 0 atom stereocenters. The summed E-state index contributed by atoms with van der Waals surface area (Å²) in [5.74, 6) is 0.691. The first-order chi connectivity index (χ1) is 11.3. The normalized spacial score (nSPS) is 10.3. The van der Waals surface area contributed by atoms with E-state index >= 15 is 0 Å². The fourth-order valence-electron chi connectivity index (χ4n) is 2.15. The van der Waals surface area contributed by atoms with Gasteiger partial charge in [-0.2, -0.15) is 4.37 Å². The number of methoxy groups -OCH3 is 1. The van der Waals surface area contributed by atoms with Crippen molar-refractivity contribution in [2.24, 2.45) is 0 Å². The largest absolute Gasteiger partial charge is 0.497 e. The minimum atomic E-state index is -0.105. The van der Waals surface area contributed by atoms with Gasteiger partial charge in [-0.15, -0.1) is 0 Å². The molecule has 0 unspecified atom stereocenters. The highest BCUT2D eigenvalue weighted by atomic mass is 32.1. The maximum Gasteiger partial charge on any atom is 0.263 e. The van der Waals surface area contributed by atoms with Gasteiger partial charge in [0.25, 0.3) is 5.91 Å². The molecule has 0 aliphatic heterocycles. The van der Waals surface area contributed by atoms with Crippen LogP contribution < -0.4 is 10.1 Å². The lowest BCUT2D eigenvalue weighted by molar-refractivity contribution is 0.0955. The van der Waals surface area contributed by atoms with Gasteiger partial charge in [0, 0.05) is 12.1 Å². The van der Waals surface area contributed by atoms with Gasteiger partial charge in [0.2, 0.25) is 0 Å². The molecule has 0 saturated heterocycles. The van der Waals surface area contributed by atoms with Crippen LogP contribution in [0.2, 0.25) is 0 Å². The van der Waals surface area contributed by atoms with Crippen LogP contribution in [0.1, 0.15) is 15.2 Å². The fourth-order valence-corrected chi connectivity index (χ4v) is 2.82. The molecule has 2 aromatic carbocycles. The first kappa shape index (κ1) is 15.2. The zero-order valence-corrected chi connectivity index (χ0v) is 13.5. The Kier molecular flexibility index (Phi) is 4.68. The zero-order valence-electron chi connectivity index (χ0n) is 12.7. The second-order valence-electron chi connectivity index (χ2n) is 4.97. The molecule has 5 heteroatoms. The molecule has 0 aliphatic carbocycles. The van der Waals surface area contributed by atoms with Gasteiger partial charge in [0.15, 0.2) is 0 Å². The summed E-state index contributed by atoms with van der Waals surface area (Å²) in [6.07, 6.45) is 0. The lowest BCUT2D eigenvalue weighted by atomic mass is 10.1. The Balaban J connectivity index is 1.67. The second-order valence-corrected chi connectivity index (χ2v) is 5.78. The van der Waals surface area contributed by atoms with Gasteiger partial charge in [0.1, 0.15) is 10.6 Å². The molecule has 1 heterocycles. The van der Waals surface area contributed by atoms with Crippen LogP contribution in [0.3, 0.4) is 0 Å². The molecule has 116 valence electrons. The van der Waals surface area contributed by atoms with Crippen molar-refractivity contribution >= 4 is 17.4 Å². The van der Waals surface area contributed by atoms with E-state index < -0.39 is 0 Å². The third-order valence-electron chi connectivity index (χ3n) is 3.42. The van der Waals surface area contributed by atoms with Crippen LogP contribution in [0.5, 0.6) is 5.75 Å². The van der Waals surface area contributed by atoms with E-state index in [9.17, 15) is 4.79 Å².